The Morgan fingerprint density at radius 1 is 1.40 bits per heavy atom. The van der Waals surface area contributed by atoms with Crippen LogP contribution in [0.5, 0.6) is 5.75 Å². The molecule has 2 rings (SSSR count). The Labute approximate surface area is 118 Å². The van der Waals surface area contributed by atoms with Crippen LogP contribution in [0, 0.1) is 0 Å². The van der Waals surface area contributed by atoms with Crippen LogP contribution in [0.25, 0.3) is 0 Å². The van der Waals surface area contributed by atoms with Crippen molar-refractivity contribution in [1.82, 2.24) is 4.90 Å². The second-order valence-corrected chi connectivity index (χ2v) is 5.07. The normalized spacial score (nSPS) is 15.2. The van der Waals surface area contributed by atoms with Crippen molar-refractivity contribution in [2.24, 2.45) is 5.16 Å². The van der Waals surface area contributed by atoms with Crippen LogP contribution in [-0.2, 0) is 11.2 Å². The number of carbonyl (C=O) groups is 1. The van der Waals surface area contributed by atoms with Crippen LogP contribution in [0.4, 0.5) is 0 Å². The molecule has 0 radical (unpaired) electrons. The summed E-state index contributed by atoms with van der Waals surface area (Å²) in [6.45, 7) is 0.516. The van der Waals surface area contributed by atoms with E-state index in [2.05, 4.69) is 5.16 Å². The van der Waals surface area contributed by atoms with Crippen LogP contribution in [-0.4, -0.2) is 42.4 Å². The van der Waals surface area contributed by atoms with Gasteiger partial charge in [0.2, 0.25) is 5.91 Å². The van der Waals surface area contributed by atoms with E-state index in [1.807, 2.05) is 18.2 Å². The Morgan fingerprint density at radius 3 is 2.90 bits per heavy atom. The number of ether oxygens (including phenoxy) is 1. The van der Waals surface area contributed by atoms with Gasteiger partial charge in [-0.2, -0.15) is 0 Å². The van der Waals surface area contributed by atoms with Crippen molar-refractivity contribution in [2.75, 3.05) is 20.7 Å². The molecular weight excluding hydrogens is 256 g/mol. The molecule has 20 heavy (non-hydrogen) atoms. The largest absolute Gasteiger partial charge is 0.493 e. The van der Waals surface area contributed by atoms with E-state index >= 15 is 0 Å². The Bertz CT molecular complexity index is 524. The average Bonchev–Trinajstić information content (AvgIpc) is 2.86. The van der Waals surface area contributed by atoms with Crippen molar-refractivity contribution in [3.8, 4) is 5.75 Å². The first-order valence-electron chi connectivity index (χ1n) is 6.79. The Morgan fingerprint density at radius 2 is 2.20 bits per heavy atom. The summed E-state index contributed by atoms with van der Waals surface area (Å²) in [5.74, 6) is 0.944. The lowest BCUT2D eigenvalue weighted by atomic mass is 10.1. The van der Waals surface area contributed by atoms with Gasteiger partial charge in [0.25, 0.3) is 0 Å². The third-order valence-electron chi connectivity index (χ3n) is 3.47. The lowest BCUT2D eigenvalue weighted by molar-refractivity contribution is -0.128. The molecule has 0 saturated carbocycles. The van der Waals surface area contributed by atoms with E-state index in [4.69, 9.17) is 9.94 Å². The van der Waals surface area contributed by atoms with Gasteiger partial charge in [-0.3, -0.25) is 4.79 Å². The fourth-order valence-electron chi connectivity index (χ4n) is 2.34. The van der Waals surface area contributed by atoms with Crippen molar-refractivity contribution in [1.29, 1.82) is 0 Å². The van der Waals surface area contributed by atoms with E-state index < -0.39 is 0 Å². The van der Waals surface area contributed by atoms with Crippen molar-refractivity contribution in [3.63, 3.8) is 0 Å². The highest BCUT2D eigenvalue weighted by Gasteiger charge is 2.21. The first kappa shape index (κ1) is 14.4. The Hall–Kier alpha value is -2.04. The number of hydrogen-bond donors (Lipinski definition) is 1. The van der Waals surface area contributed by atoms with Gasteiger partial charge < -0.3 is 14.8 Å². The lowest BCUT2D eigenvalue weighted by Crippen LogP contribution is -2.21. The fourth-order valence-corrected chi connectivity index (χ4v) is 2.34. The number of rotatable bonds is 5. The predicted octanol–water partition coefficient (Wildman–Crippen LogP) is 2.06. The minimum atomic E-state index is 0.113. The number of benzene rings is 1. The highest BCUT2D eigenvalue weighted by atomic mass is 16.5. The first-order chi connectivity index (χ1) is 9.63. The zero-order valence-corrected chi connectivity index (χ0v) is 11.9. The number of nitrogens with zero attached hydrogens (tertiary/aromatic N) is 2. The Kier molecular flexibility index (Phi) is 4.61. The van der Waals surface area contributed by atoms with Crippen LogP contribution in [0.15, 0.2) is 23.4 Å². The first-order valence-corrected chi connectivity index (χ1v) is 6.79. The molecule has 5 nitrogen and oxygen atoms in total. The van der Waals surface area contributed by atoms with E-state index in [1.54, 1.807) is 19.0 Å². The second-order valence-electron chi connectivity index (χ2n) is 5.07. The van der Waals surface area contributed by atoms with Crippen LogP contribution in [0.2, 0.25) is 0 Å². The summed E-state index contributed by atoms with van der Waals surface area (Å²) in [5, 5.41) is 12.3. The molecule has 1 amide bonds. The zero-order chi connectivity index (χ0) is 14.5. The van der Waals surface area contributed by atoms with Gasteiger partial charge in [-0.05, 0) is 25.3 Å². The molecule has 0 fully saturated rings. The second kappa shape index (κ2) is 6.41. The molecule has 1 N–H and O–H groups in total. The van der Waals surface area contributed by atoms with Gasteiger partial charge >= 0.3 is 0 Å². The van der Waals surface area contributed by atoms with Gasteiger partial charge in [0.05, 0.1) is 12.3 Å². The smallest absolute Gasteiger partial charge is 0.222 e. The SMILES string of the molecule is CN(C)C(=O)CCCOc1cccc2c1CCC2=NO. The molecule has 108 valence electrons. The molecule has 0 bridgehead atoms. The van der Waals surface area contributed by atoms with Gasteiger partial charge in [-0.25, -0.2) is 0 Å². The van der Waals surface area contributed by atoms with Crippen molar-refractivity contribution < 1.29 is 14.7 Å². The molecule has 0 aromatic heterocycles. The molecule has 0 atom stereocenters. The van der Waals surface area contributed by atoms with E-state index in [0.29, 0.717) is 25.2 Å². The van der Waals surface area contributed by atoms with E-state index in [1.165, 1.54) is 0 Å². The molecule has 0 unspecified atom stereocenters. The molecule has 1 aromatic rings. The maximum atomic E-state index is 11.5. The lowest BCUT2D eigenvalue weighted by Gasteiger charge is -2.12. The summed E-state index contributed by atoms with van der Waals surface area (Å²) in [7, 11) is 3.51. The highest BCUT2D eigenvalue weighted by Crippen LogP contribution is 2.31. The van der Waals surface area contributed by atoms with Crippen molar-refractivity contribution >= 4 is 11.6 Å². The van der Waals surface area contributed by atoms with Gasteiger partial charge in [0.1, 0.15) is 5.75 Å². The van der Waals surface area contributed by atoms with Crippen LogP contribution in [0.1, 0.15) is 30.4 Å². The van der Waals surface area contributed by atoms with Gasteiger partial charge in [0, 0.05) is 31.6 Å². The van der Waals surface area contributed by atoms with Crippen molar-refractivity contribution in [3.05, 3.63) is 29.3 Å². The van der Waals surface area contributed by atoms with E-state index in [9.17, 15) is 4.79 Å². The van der Waals surface area contributed by atoms with Crippen LogP contribution < -0.4 is 4.74 Å². The average molecular weight is 276 g/mol. The van der Waals surface area contributed by atoms with E-state index in [-0.39, 0.29) is 5.91 Å². The summed E-state index contributed by atoms with van der Waals surface area (Å²) in [5.41, 5.74) is 2.78. The monoisotopic (exact) mass is 276 g/mol. The van der Waals surface area contributed by atoms with E-state index in [0.717, 1.165) is 29.7 Å². The number of fused-ring (bicyclic) bond motifs is 1. The molecule has 1 aliphatic rings. The summed E-state index contributed by atoms with van der Waals surface area (Å²) in [4.78, 5) is 13.0. The highest BCUT2D eigenvalue weighted by molar-refractivity contribution is 6.04. The molecule has 1 aromatic carbocycles. The zero-order valence-electron chi connectivity index (χ0n) is 11.9. The molecule has 5 heteroatoms. The van der Waals surface area contributed by atoms with Gasteiger partial charge in [-0.15, -0.1) is 0 Å². The number of amides is 1. The molecule has 0 heterocycles. The quantitative estimate of drug-likeness (QED) is 0.508. The summed E-state index contributed by atoms with van der Waals surface area (Å²) >= 11 is 0. The molecular formula is C15H20N2O3. The van der Waals surface area contributed by atoms with Gasteiger partial charge in [0.15, 0.2) is 0 Å². The number of oxime groups is 1. The standard InChI is InChI=1S/C15H20N2O3/c1-17(2)15(18)7-4-10-20-14-6-3-5-11-12(14)8-9-13(11)16-19/h3,5-6,19H,4,7-10H2,1-2H3. The van der Waals surface area contributed by atoms with Gasteiger partial charge in [-0.1, -0.05) is 17.3 Å². The summed E-state index contributed by atoms with van der Waals surface area (Å²) in [6.07, 6.45) is 2.76. The molecule has 0 aliphatic heterocycles. The number of carbonyl (C=O) groups excluding carboxylic acids is 1. The molecule has 1 aliphatic carbocycles. The van der Waals surface area contributed by atoms with Crippen molar-refractivity contribution in [2.45, 2.75) is 25.7 Å². The molecule has 0 saturated heterocycles. The van der Waals surface area contributed by atoms with Crippen LogP contribution in [0.3, 0.4) is 0 Å². The number of hydrogen-bond acceptors (Lipinski definition) is 4. The summed E-state index contributed by atoms with van der Waals surface area (Å²) < 4.78 is 5.76. The minimum absolute atomic E-state index is 0.113. The maximum Gasteiger partial charge on any atom is 0.222 e. The Balaban J connectivity index is 1.92. The fraction of sp³-hybridized carbons (Fsp3) is 0.467. The third kappa shape index (κ3) is 3.10. The topological polar surface area (TPSA) is 62.1 Å². The predicted molar refractivity (Wildman–Crippen MR) is 76.5 cm³/mol. The maximum absolute atomic E-state index is 11.5. The van der Waals surface area contributed by atoms with Crippen LogP contribution >= 0.6 is 0 Å². The minimum Gasteiger partial charge on any atom is -0.493 e. The summed E-state index contributed by atoms with van der Waals surface area (Å²) in [6, 6.07) is 5.77. The molecule has 0 spiro atoms. The third-order valence-corrected chi connectivity index (χ3v) is 3.47.